The van der Waals surface area contributed by atoms with E-state index in [0.717, 1.165) is 43.8 Å². The largest absolute Gasteiger partial charge is 0.335 e. The number of amides is 2. The zero-order chi connectivity index (χ0) is 14.7. The SMILES string of the molecule is CC1CCCC(NC(=O)N2CCCCc3ccccc32)C1. The Bertz CT molecular complexity index is 500. The van der Waals surface area contributed by atoms with Crippen LogP contribution < -0.4 is 10.2 Å². The van der Waals surface area contributed by atoms with Gasteiger partial charge in [0.05, 0.1) is 0 Å². The molecule has 1 heterocycles. The van der Waals surface area contributed by atoms with Crippen molar-refractivity contribution >= 4 is 11.7 Å². The minimum absolute atomic E-state index is 0.100. The smallest absolute Gasteiger partial charge is 0.322 e. The maximum Gasteiger partial charge on any atom is 0.322 e. The van der Waals surface area contributed by atoms with Crippen molar-refractivity contribution in [1.29, 1.82) is 0 Å². The van der Waals surface area contributed by atoms with E-state index >= 15 is 0 Å². The van der Waals surface area contributed by atoms with E-state index in [2.05, 4.69) is 30.4 Å². The standard InChI is InChI=1S/C18H26N2O/c1-14-7-6-10-16(13-14)19-18(21)20-12-5-4-9-15-8-2-3-11-17(15)20/h2-3,8,11,14,16H,4-7,9-10,12-13H2,1H3,(H,19,21). The van der Waals surface area contributed by atoms with Crippen molar-refractivity contribution < 1.29 is 4.79 Å². The van der Waals surface area contributed by atoms with Crippen LogP contribution in [0.1, 0.15) is 51.0 Å². The first-order chi connectivity index (χ1) is 10.2. The molecule has 1 saturated carbocycles. The zero-order valence-electron chi connectivity index (χ0n) is 13.0. The van der Waals surface area contributed by atoms with Crippen LogP contribution >= 0.6 is 0 Å². The van der Waals surface area contributed by atoms with Gasteiger partial charge in [-0.15, -0.1) is 0 Å². The molecule has 1 aromatic rings. The Morgan fingerprint density at radius 3 is 2.90 bits per heavy atom. The number of para-hydroxylation sites is 1. The number of hydrogen-bond acceptors (Lipinski definition) is 1. The van der Waals surface area contributed by atoms with Gasteiger partial charge in [-0.1, -0.05) is 38.0 Å². The zero-order valence-corrected chi connectivity index (χ0v) is 13.0. The summed E-state index contributed by atoms with van der Waals surface area (Å²) in [5.74, 6) is 0.737. The molecular weight excluding hydrogens is 260 g/mol. The Kier molecular flexibility index (Phi) is 4.47. The van der Waals surface area contributed by atoms with Crippen LogP contribution in [0.15, 0.2) is 24.3 Å². The summed E-state index contributed by atoms with van der Waals surface area (Å²) in [6.07, 6.45) is 8.14. The number of urea groups is 1. The predicted octanol–water partition coefficient (Wildman–Crippen LogP) is 4.12. The van der Waals surface area contributed by atoms with Gasteiger partial charge in [0.25, 0.3) is 0 Å². The lowest BCUT2D eigenvalue weighted by atomic mass is 9.87. The molecule has 114 valence electrons. The molecule has 1 fully saturated rings. The van der Waals surface area contributed by atoms with E-state index in [1.54, 1.807) is 0 Å². The summed E-state index contributed by atoms with van der Waals surface area (Å²) in [5, 5.41) is 3.27. The minimum atomic E-state index is 0.100. The molecule has 3 heteroatoms. The third kappa shape index (κ3) is 3.39. The Hall–Kier alpha value is -1.51. The molecule has 3 nitrogen and oxygen atoms in total. The molecule has 0 bridgehead atoms. The van der Waals surface area contributed by atoms with Crippen LogP contribution in [0, 0.1) is 5.92 Å². The highest BCUT2D eigenvalue weighted by Gasteiger charge is 2.25. The average molecular weight is 286 g/mol. The van der Waals surface area contributed by atoms with Crippen LogP contribution in [0.2, 0.25) is 0 Å². The van der Waals surface area contributed by atoms with E-state index in [1.165, 1.54) is 24.8 Å². The second kappa shape index (κ2) is 6.50. The number of carbonyl (C=O) groups excluding carboxylic acids is 1. The van der Waals surface area contributed by atoms with Crippen LogP contribution in [-0.2, 0) is 6.42 Å². The third-order valence-corrected chi connectivity index (χ3v) is 4.87. The number of fused-ring (bicyclic) bond motifs is 1. The molecule has 2 unspecified atom stereocenters. The van der Waals surface area contributed by atoms with E-state index in [-0.39, 0.29) is 6.03 Å². The highest BCUT2D eigenvalue weighted by Crippen LogP contribution is 2.27. The number of hydrogen-bond donors (Lipinski definition) is 1. The van der Waals surface area contributed by atoms with Crippen LogP contribution in [0.4, 0.5) is 10.5 Å². The summed E-state index contributed by atoms with van der Waals surface area (Å²) in [7, 11) is 0. The van der Waals surface area contributed by atoms with Crippen molar-refractivity contribution in [2.75, 3.05) is 11.4 Å². The molecular formula is C18H26N2O. The topological polar surface area (TPSA) is 32.3 Å². The summed E-state index contributed by atoms with van der Waals surface area (Å²) in [6, 6.07) is 8.81. The second-order valence-electron chi connectivity index (χ2n) is 6.66. The number of benzene rings is 1. The Morgan fingerprint density at radius 2 is 2.05 bits per heavy atom. The summed E-state index contributed by atoms with van der Waals surface area (Å²) in [5.41, 5.74) is 2.42. The van der Waals surface area contributed by atoms with Gasteiger partial charge in [-0.25, -0.2) is 4.79 Å². The monoisotopic (exact) mass is 286 g/mol. The quantitative estimate of drug-likeness (QED) is 0.827. The van der Waals surface area contributed by atoms with Gasteiger partial charge < -0.3 is 5.32 Å². The van der Waals surface area contributed by atoms with Gasteiger partial charge in [-0.05, 0) is 49.7 Å². The number of aryl methyl sites for hydroxylation is 1. The molecule has 2 aliphatic rings. The first-order valence-electron chi connectivity index (χ1n) is 8.40. The predicted molar refractivity (Wildman–Crippen MR) is 86.7 cm³/mol. The van der Waals surface area contributed by atoms with Gasteiger partial charge in [0.1, 0.15) is 0 Å². The number of carbonyl (C=O) groups is 1. The molecule has 21 heavy (non-hydrogen) atoms. The molecule has 0 radical (unpaired) electrons. The maximum absolute atomic E-state index is 12.7. The third-order valence-electron chi connectivity index (χ3n) is 4.87. The van der Waals surface area contributed by atoms with Gasteiger partial charge in [-0.2, -0.15) is 0 Å². The maximum atomic E-state index is 12.7. The van der Waals surface area contributed by atoms with E-state index in [1.807, 2.05) is 11.0 Å². The van der Waals surface area contributed by atoms with Crippen molar-refractivity contribution in [3.05, 3.63) is 29.8 Å². The fourth-order valence-electron chi connectivity index (χ4n) is 3.72. The average Bonchev–Trinajstić information content (AvgIpc) is 2.69. The Morgan fingerprint density at radius 1 is 1.19 bits per heavy atom. The lowest BCUT2D eigenvalue weighted by Gasteiger charge is -2.31. The summed E-state index contributed by atoms with van der Waals surface area (Å²) in [4.78, 5) is 14.7. The molecule has 1 aliphatic heterocycles. The van der Waals surface area contributed by atoms with Gasteiger partial charge in [0.15, 0.2) is 0 Å². The van der Waals surface area contributed by atoms with Crippen molar-refractivity contribution in [3.63, 3.8) is 0 Å². The molecule has 0 aromatic heterocycles. The number of anilines is 1. The highest BCUT2D eigenvalue weighted by atomic mass is 16.2. The lowest BCUT2D eigenvalue weighted by Crippen LogP contribution is -2.46. The second-order valence-corrected chi connectivity index (χ2v) is 6.66. The fraction of sp³-hybridized carbons (Fsp3) is 0.611. The summed E-state index contributed by atoms with van der Waals surface area (Å²) >= 11 is 0. The summed E-state index contributed by atoms with van der Waals surface area (Å²) < 4.78 is 0. The van der Waals surface area contributed by atoms with Gasteiger partial charge >= 0.3 is 6.03 Å². The highest BCUT2D eigenvalue weighted by molar-refractivity contribution is 5.93. The first-order valence-corrected chi connectivity index (χ1v) is 8.40. The minimum Gasteiger partial charge on any atom is -0.335 e. The molecule has 2 amide bonds. The van der Waals surface area contributed by atoms with Crippen molar-refractivity contribution in [1.82, 2.24) is 5.32 Å². The van der Waals surface area contributed by atoms with Gasteiger partial charge in [0.2, 0.25) is 0 Å². The first kappa shape index (κ1) is 14.4. The van der Waals surface area contributed by atoms with Crippen LogP contribution in [0.25, 0.3) is 0 Å². The summed E-state index contributed by atoms with van der Waals surface area (Å²) in [6.45, 7) is 3.13. The van der Waals surface area contributed by atoms with E-state index < -0.39 is 0 Å². The lowest BCUT2D eigenvalue weighted by molar-refractivity contribution is 0.232. The number of nitrogens with zero attached hydrogens (tertiary/aromatic N) is 1. The van der Waals surface area contributed by atoms with Gasteiger partial charge in [0, 0.05) is 18.3 Å². The van der Waals surface area contributed by atoms with Crippen molar-refractivity contribution in [2.45, 2.75) is 57.9 Å². The molecule has 1 N–H and O–H groups in total. The Labute approximate surface area is 127 Å². The van der Waals surface area contributed by atoms with Crippen LogP contribution in [0.3, 0.4) is 0 Å². The van der Waals surface area contributed by atoms with Gasteiger partial charge in [-0.3, -0.25) is 4.90 Å². The molecule has 2 atom stereocenters. The molecule has 0 spiro atoms. The normalized spacial score (nSPS) is 25.9. The number of rotatable bonds is 1. The molecule has 0 saturated heterocycles. The van der Waals surface area contributed by atoms with Crippen LogP contribution in [-0.4, -0.2) is 18.6 Å². The fourth-order valence-corrected chi connectivity index (χ4v) is 3.72. The van der Waals surface area contributed by atoms with Crippen molar-refractivity contribution in [3.8, 4) is 0 Å². The number of nitrogens with one attached hydrogen (secondary N) is 1. The van der Waals surface area contributed by atoms with E-state index in [4.69, 9.17) is 0 Å². The molecule has 3 rings (SSSR count). The van der Waals surface area contributed by atoms with Crippen LogP contribution in [0.5, 0.6) is 0 Å². The molecule has 1 aromatic carbocycles. The van der Waals surface area contributed by atoms with Crippen molar-refractivity contribution in [2.24, 2.45) is 5.92 Å². The molecule has 1 aliphatic carbocycles. The van der Waals surface area contributed by atoms with E-state index in [9.17, 15) is 4.79 Å². The van der Waals surface area contributed by atoms with E-state index in [0.29, 0.717) is 6.04 Å². The Balaban J connectivity index is 1.72.